The van der Waals surface area contributed by atoms with Gasteiger partial charge in [0.25, 0.3) is 11.8 Å². The SMILES string of the molecule is Cc1ccc(-n2nc(-c3ccc(CNC(=O)c4ccccc4C)cc3)c(C(N)=O)c2N)cc1. The Labute approximate surface area is 192 Å². The fourth-order valence-corrected chi connectivity index (χ4v) is 3.64. The summed E-state index contributed by atoms with van der Waals surface area (Å²) < 4.78 is 1.52. The lowest BCUT2D eigenvalue weighted by atomic mass is 10.0. The largest absolute Gasteiger partial charge is 0.383 e. The van der Waals surface area contributed by atoms with Crippen LogP contribution < -0.4 is 16.8 Å². The third kappa shape index (κ3) is 4.48. The maximum Gasteiger partial charge on any atom is 0.254 e. The summed E-state index contributed by atoms with van der Waals surface area (Å²) in [5, 5.41) is 7.51. The second-order valence-electron chi connectivity index (χ2n) is 7.91. The normalized spacial score (nSPS) is 10.7. The lowest BCUT2D eigenvalue weighted by Gasteiger charge is -2.08. The Hall–Kier alpha value is -4.39. The van der Waals surface area contributed by atoms with Crippen molar-refractivity contribution in [1.29, 1.82) is 0 Å². The first-order valence-electron chi connectivity index (χ1n) is 10.5. The van der Waals surface area contributed by atoms with Gasteiger partial charge in [-0.1, -0.05) is 60.2 Å². The minimum Gasteiger partial charge on any atom is -0.383 e. The van der Waals surface area contributed by atoms with E-state index in [1.54, 1.807) is 6.07 Å². The van der Waals surface area contributed by atoms with Crippen molar-refractivity contribution in [3.8, 4) is 16.9 Å². The Morgan fingerprint density at radius 1 is 0.939 bits per heavy atom. The highest BCUT2D eigenvalue weighted by Crippen LogP contribution is 2.29. The predicted molar refractivity (Wildman–Crippen MR) is 129 cm³/mol. The number of carbonyl (C=O) groups is 2. The van der Waals surface area contributed by atoms with Crippen molar-refractivity contribution in [2.45, 2.75) is 20.4 Å². The molecule has 0 unspecified atom stereocenters. The predicted octanol–water partition coefficient (Wildman–Crippen LogP) is 3.77. The van der Waals surface area contributed by atoms with Crippen LogP contribution >= 0.6 is 0 Å². The van der Waals surface area contributed by atoms with E-state index in [0.29, 0.717) is 23.4 Å². The number of nitrogens with two attached hydrogens (primary N) is 2. The summed E-state index contributed by atoms with van der Waals surface area (Å²) in [7, 11) is 0. The molecule has 4 rings (SSSR count). The van der Waals surface area contributed by atoms with Crippen molar-refractivity contribution in [2.75, 3.05) is 5.73 Å². The van der Waals surface area contributed by atoms with Gasteiger partial charge in [-0.25, -0.2) is 4.68 Å². The van der Waals surface area contributed by atoms with E-state index in [4.69, 9.17) is 11.5 Å². The molecule has 0 radical (unpaired) electrons. The topological polar surface area (TPSA) is 116 Å². The van der Waals surface area contributed by atoms with Crippen molar-refractivity contribution in [3.05, 3.63) is 101 Å². The fourth-order valence-electron chi connectivity index (χ4n) is 3.64. The quantitative estimate of drug-likeness (QED) is 0.424. The average molecular weight is 440 g/mol. The zero-order valence-corrected chi connectivity index (χ0v) is 18.5. The smallest absolute Gasteiger partial charge is 0.254 e. The molecule has 0 atom stereocenters. The maximum atomic E-state index is 12.5. The Bertz CT molecular complexity index is 1320. The number of aryl methyl sites for hydroxylation is 2. The minimum absolute atomic E-state index is 0.127. The van der Waals surface area contributed by atoms with Gasteiger partial charge >= 0.3 is 0 Å². The highest BCUT2D eigenvalue weighted by atomic mass is 16.2. The second-order valence-corrected chi connectivity index (χ2v) is 7.91. The molecule has 7 heteroatoms. The van der Waals surface area contributed by atoms with Crippen molar-refractivity contribution >= 4 is 17.6 Å². The number of nitrogens with zero attached hydrogens (tertiary/aromatic N) is 2. The van der Waals surface area contributed by atoms with Gasteiger partial charge in [-0.05, 0) is 43.2 Å². The molecule has 1 aromatic heterocycles. The third-order valence-electron chi connectivity index (χ3n) is 5.52. The van der Waals surface area contributed by atoms with E-state index in [1.807, 2.05) is 80.6 Å². The summed E-state index contributed by atoms with van der Waals surface area (Å²) in [5.41, 5.74) is 17.5. The van der Waals surface area contributed by atoms with Crippen LogP contribution in [0.25, 0.3) is 16.9 Å². The van der Waals surface area contributed by atoms with Gasteiger partial charge in [0.05, 0.1) is 5.69 Å². The molecule has 1 heterocycles. The Balaban J connectivity index is 1.58. The molecule has 0 saturated heterocycles. The van der Waals surface area contributed by atoms with E-state index >= 15 is 0 Å². The molecule has 0 aliphatic carbocycles. The van der Waals surface area contributed by atoms with Crippen LogP contribution in [0.3, 0.4) is 0 Å². The number of hydrogen-bond donors (Lipinski definition) is 3. The van der Waals surface area contributed by atoms with Gasteiger partial charge in [0, 0.05) is 17.7 Å². The number of carbonyl (C=O) groups excluding carboxylic acids is 2. The average Bonchev–Trinajstić information content (AvgIpc) is 3.16. The molecule has 5 N–H and O–H groups in total. The molecule has 2 amide bonds. The Morgan fingerprint density at radius 2 is 1.61 bits per heavy atom. The molecule has 0 spiro atoms. The van der Waals surface area contributed by atoms with E-state index in [1.165, 1.54) is 4.68 Å². The first-order valence-corrected chi connectivity index (χ1v) is 10.5. The molecule has 3 aromatic carbocycles. The van der Waals surface area contributed by atoms with Crippen LogP contribution in [0.5, 0.6) is 0 Å². The number of primary amides is 1. The molecule has 33 heavy (non-hydrogen) atoms. The molecule has 4 aromatic rings. The molecule has 0 saturated carbocycles. The van der Waals surface area contributed by atoms with Crippen LogP contribution in [-0.4, -0.2) is 21.6 Å². The standard InChI is InChI=1S/C26H25N5O2/c1-16-7-13-20(14-8-16)31-24(27)22(25(28)32)23(30-31)19-11-9-18(10-12-19)15-29-26(33)21-6-4-3-5-17(21)2/h3-14H,15,27H2,1-2H3,(H2,28,32)(H,29,33). The summed E-state index contributed by atoms with van der Waals surface area (Å²) in [6.45, 7) is 4.26. The number of nitrogen functional groups attached to an aromatic ring is 1. The van der Waals surface area contributed by atoms with E-state index in [-0.39, 0.29) is 17.3 Å². The second kappa shape index (κ2) is 9.00. The van der Waals surface area contributed by atoms with Crippen LogP contribution in [0.2, 0.25) is 0 Å². The highest BCUT2D eigenvalue weighted by Gasteiger charge is 2.22. The number of rotatable bonds is 6. The first kappa shape index (κ1) is 21.8. The molecule has 7 nitrogen and oxygen atoms in total. The molecule has 0 fully saturated rings. The van der Waals surface area contributed by atoms with Crippen LogP contribution in [-0.2, 0) is 6.54 Å². The first-order chi connectivity index (χ1) is 15.8. The van der Waals surface area contributed by atoms with Gasteiger partial charge < -0.3 is 16.8 Å². The van der Waals surface area contributed by atoms with Gasteiger partial charge in [-0.2, -0.15) is 5.10 Å². The van der Waals surface area contributed by atoms with Gasteiger partial charge in [-0.15, -0.1) is 0 Å². The summed E-state index contributed by atoms with van der Waals surface area (Å²) in [6.07, 6.45) is 0. The molecular weight excluding hydrogens is 414 g/mol. The summed E-state index contributed by atoms with van der Waals surface area (Å²) in [4.78, 5) is 24.6. The monoisotopic (exact) mass is 439 g/mol. The number of hydrogen-bond acceptors (Lipinski definition) is 4. The summed E-state index contributed by atoms with van der Waals surface area (Å²) in [6, 6.07) is 22.5. The zero-order chi connectivity index (χ0) is 23.5. The number of benzene rings is 3. The van der Waals surface area contributed by atoms with Gasteiger partial charge in [-0.3, -0.25) is 9.59 Å². The van der Waals surface area contributed by atoms with Crippen LogP contribution in [0.15, 0.2) is 72.8 Å². The zero-order valence-electron chi connectivity index (χ0n) is 18.5. The van der Waals surface area contributed by atoms with E-state index in [9.17, 15) is 9.59 Å². The van der Waals surface area contributed by atoms with Gasteiger partial charge in [0.15, 0.2) is 0 Å². The lowest BCUT2D eigenvalue weighted by molar-refractivity contribution is 0.0949. The number of amides is 2. The van der Waals surface area contributed by atoms with Crippen LogP contribution in [0.4, 0.5) is 5.82 Å². The third-order valence-corrected chi connectivity index (χ3v) is 5.52. The highest BCUT2D eigenvalue weighted by molar-refractivity contribution is 6.03. The maximum absolute atomic E-state index is 12.5. The van der Waals surface area contributed by atoms with Gasteiger partial charge in [0.2, 0.25) is 0 Å². The minimum atomic E-state index is -0.643. The molecule has 0 aliphatic rings. The molecule has 0 bridgehead atoms. The van der Waals surface area contributed by atoms with E-state index in [2.05, 4.69) is 10.4 Å². The van der Waals surface area contributed by atoms with E-state index < -0.39 is 5.91 Å². The molecule has 166 valence electrons. The molecule has 0 aliphatic heterocycles. The molecular formula is C26H25N5O2. The lowest BCUT2D eigenvalue weighted by Crippen LogP contribution is -2.23. The fraction of sp³-hybridized carbons (Fsp3) is 0.115. The Kier molecular flexibility index (Phi) is 5.95. The number of aromatic nitrogens is 2. The van der Waals surface area contributed by atoms with Crippen molar-refractivity contribution in [2.24, 2.45) is 5.73 Å². The van der Waals surface area contributed by atoms with Gasteiger partial charge in [0.1, 0.15) is 17.1 Å². The van der Waals surface area contributed by atoms with Crippen LogP contribution in [0, 0.1) is 13.8 Å². The van der Waals surface area contributed by atoms with Crippen molar-refractivity contribution in [3.63, 3.8) is 0 Å². The number of anilines is 1. The number of nitrogens with one attached hydrogen (secondary N) is 1. The summed E-state index contributed by atoms with van der Waals surface area (Å²) in [5.74, 6) is -0.579. The van der Waals surface area contributed by atoms with E-state index in [0.717, 1.165) is 22.4 Å². The van der Waals surface area contributed by atoms with Crippen molar-refractivity contribution < 1.29 is 9.59 Å². The Morgan fingerprint density at radius 3 is 2.24 bits per heavy atom. The van der Waals surface area contributed by atoms with Crippen LogP contribution in [0.1, 0.15) is 37.4 Å². The van der Waals surface area contributed by atoms with Crippen molar-refractivity contribution in [1.82, 2.24) is 15.1 Å². The summed E-state index contributed by atoms with van der Waals surface area (Å²) >= 11 is 0.